The molecule has 1 aromatic heterocycles. The van der Waals surface area contributed by atoms with Gasteiger partial charge in [0.2, 0.25) is 0 Å². The van der Waals surface area contributed by atoms with E-state index in [1.165, 1.54) is 23.5 Å². The molecule has 1 aromatic carbocycles. The van der Waals surface area contributed by atoms with Crippen LogP contribution in [0.4, 0.5) is 9.52 Å². The predicted molar refractivity (Wildman–Crippen MR) is 80.3 cm³/mol. The minimum Gasteiger partial charge on any atom is -0.363 e. The maximum absolute atomic E-state index is 12.9. The van der Waals surface area contributed by atoms with Gasteiger partial charge in [-0.2, -0.15) is 0 Å². The minimum atomic E-state index is -0.252. The van der Waals surface area contributed by atoms with Crippen LogP contribution in [-0.4, -0.2) is 22.3 Å². The number of aromatic nitrogens is 1. The van der Waals surface area contributed by atoms with Crippen LogP contribution >= 0.6 is 11.3 Å². The highest BCUT2D eigenvalue weighted by atomic mass is 32.1. The summed E-state index contributed by atoms with van der Waals surface area (Å²) in [6.07, 6.45) is 4.41. The number of halogens is 1. The van der Waals surface area contributed by atoms with Crippen molar-refractivity contribution < 1.29 is 9.18 Å². The molecule has 1 aliphatic rings. The van der Waals surface area contributed by atoms with E-state index in [2.05, 4.69) is 10.3 Å². The van der Waals surface area contributed by atoms with Gasteiger partial charge in [-0.15, -0.1) is 11.3 Å². The van der Waals surface area contributed by atoms with Crippen molar-refractivity contribution >= 4 is 22.4 Å². The molecular formula is C15H14FN3OS. The molecule has 6 heteroatoms. The van der Waals surface area contributed by atoms with Crippen LogP contribution in [0.15, 0.2) is 47.6 Å². The van der Waals surface area contributed by atoms with Crippen LogP contribution < -0.4 is 5.32 Å². The van der Waals surface area contributed by atoms with Gasteiger partial charge in [0.05, 0.1) is 5.70 Å². The molecule has 3 rings (SSSR count). The predicted octanol–water partition coefficient (Wildman–Crippen LogP) is 3.01. The van der Waals surface area contributed by atoms with Gasteiger partial charge >= 0.3 is 0 Å². The highest BCUT2D eigenvalue weighted by Crippen LogP contribution is 2.21. The SMILES string of the molecule is O=C(Nc1nccs1)C1=CCCN1Cc1ccc(F)cc1. The quantitative estimate of drug-likeness (QED) is 0.944. The molecule has 2 heterocycles. The van der Waals surface area contributed by atoms with Gasteiger partial charge in [-0.1, -0.05) is 18.2 Å². The van der Waals surface area contributed by atoms with E-state index in [1.807, 2.05) is 16.4 Å². The van der Waals surface area contributed by atoms with Crippen LogP contribution in [0.5, 0.6) is 0 Å². The average Bonchev–Trinajstić information content (AvgIpc) is 3.13. The Bertz CT molecular complexity index is 652. The first-order chi connectivity index (χ1) is 10.2. The molecular weight excluding hydrogens is 289 g/mol. The maximum atomic E-state index is 12.9. The van der Waals surface area contributed by atoms with Crippen LogP contribution in [0.3, 0.4) is 0 Å². The number of anilines is 1. The van der Waals surface area contributed by atoms with Gasteiger partial charge in [-0.3, -0.25) is 10.1 Å². The zero-order chi connectivity index (χ0) is 14.7. The first kappa shape index (κ1) is 13.8. The van der Waals surface area contributed by atoms with Crippen molar-refractivity contribution in [3.63, 3.8) is 0 Å². The Morgan fingerprint density at radius 1 is 1.38 bits per heavy atom. The van der Waals surface area contributed by atoms with Crippen molar-refractivity contribution in [3.8, 4) is 0 Å². The number of carbonyl (C=O) groups is 1. The van der Waals surface area contributed by atoms with Crippen molar-refractivity contribution in [2.45, 2.75) is 13.0 Å². The molecule has 4 nitrogen and oxygen atoms in total. The standard InChI is InChI=1S/C15H14FN3OS/c16-12-5-3-11(4-6-12)10-19-8-1-2-13(19)14(20)18-15-17-7-9-21-15/h2-7,9H,1,8,10H2,(H,17,18,20). The molecule has 108 valence electrons. The maximum Gasteiger partial charge on any atom is 0.273 e. The van der Waals surface area contributed by atoms with Gasteiger partial charge in [-0.25, -0.2) is 9.37 Å². The van der Waals surface area contributed by atoms with Gasteiger partial charge in [0, 0.05) is 24.7 Å². The second-order valence-corrected chi connectivity index (χ2v) is 5.61. The average molecular weight is 303 g/mol. The molecule has 1 amide bonds. The highest BCUT2D eigenvalue weighted by molar-refractivity contribution is 7.13. The summed E-state index contributed by atoms with van der Waals surface area (Å²) in [5.41, 5.74) is 1.63. The van der Waals surface area contributed by atoms with Crippen LogP contribution in [0.1, 0.15) is 12.0 Å². The number of rotatable bonds is 4. The number of amides is 1. The van der Waals surface area contributed by atoms with Crippen LogP contribution in [0, 0.1) is 5.82 Å². The molecule has 0 radical (unpaired) electrons. The Hall–Kier alpha value is -2.21. The fraction of sp³-hybridized carbons (Fsp3) is 0.200. The molecule has 1 aliphatic heterocycles. The third-order valence-electron chi connectivity index (χ3n) is 3.25. The summed E-state index contributed by atoms with van der Waals surface area (Å²) in [6.45, 7) is 1.38. The van der Waals surface area contributed by atoms with E-state index in [0.29, 0.717) is 17.4 Å². The van der Waals surface area contributed by atoms with Gasteiger partial charge in [-0.05, 0) is 24.1 Å². The summed E-state index contributed by atoms with van der Waals surface area (Å²) in [6, 6.07) is 6.35. The smallest absolute Gasteiger partial charge is 0.273 e. The lowest BCUT2D eigenvalue weighted by Gasteiger charge is -2.21. The van der Waals surface area contributed by atoms with E-state index in [-0.39, 0.29) is 11.7 Å². The minimum absolute atomic E-state index is 0.149. The van der Waals surface area contributed by atoms with E-state index < -0.39 is 0 Å². The summed E-state index contributed by atoms with van der Waals surface area (Å²) < 4.78 is 12.9. The number of hydrogen-bond acceptors (Lipinski definition) is 4. The molecule has 0 fully saturated rings. The van der Waals surface area contributed by atoms with Crippen LogP contribution in [-0.2, 0) is 11.3 Å². The normalized spacial score (nSPS) is 14.1. The summed E-state index contributed by atoms with van der Waals surface area (Å²) in [5.74, 6) is -0.401. The number of benzene rings is 1. The number of hydrogen-bond donors (Lipinski definition) is 1. The second-order valence-electron chi connectivity index (χ2n) is 4.72. The zero-order valence-corrected chi connectivity index (χ0v) is 12.1. The van der Waals surface area contributed by atoms with E-state index in [1.54, 1.807) is 18.3 Å². The van der Waals surface area contributed by atoms with Gasteiger partial charge in [0.15, 0.2) is 5.13 Å². The Morgan fingerprint density at radius 3 is 2.90 bits per heavy atom. The molecule has 0 saturated heterocycles. The lowest BCUT2D eigenvalue weighted by molar-refractivity contribution is -0.114. The fourth-order valence-corrected chi connectivity index (χ4v) is 2.79. The Balaban J connectivity index is 1.67. The third kappa shape index (κ3) is 3.28. The summed E-state index contributed by atoms with van der Waals surface area (Å²) in [5, 5.41) is 5.19. The van der Waals surface area contributed by atoms with E-state index in [9.17, 15) is 9.18 Å². The number of carbonyl (C=O) groups excluding carboxylic acids is 1. The number of thiazole rings is 1. The highest BCUT2D eigenvalue weighted by Gasteiger charge is 2.22. The number of nitrogens with zero attached hydrogens (tertiary/aromatic N) is 2. The molecule has 21 heavy (non-hydrogen) atoms. The molecule has 0 atom stereocenters. The molecule has 1 N–H and O–H groups in total. The van der Waals surface area contributed by atoms with Crippen molar-refractivity contribution in [3.05, 3.63) is 59.0 Å². The first-order valence-electron chi connectivity index (χ1n) is 6.63. The molecule has 2 aromatic rings. The molecule has 0 bridgehead atoms. The zero-order valence-electron chi connectivity index (χ0n) is 11.3. The fourth-order valence-electron chi connectivity index (χ4n) is 2.26. The van der Waals surface area contributed by atoms with Gasteiger partial charge < -0.3 is 4.90 Å². The van der Waals surface area contributed by atoms with E-state index >= 15 is 0 Å². The van der Waals surface area contributed by atoms with Gasteiger partial charge in [0.1, 0.15) is 5.82 Å². The summed E-state index contributed by atoms with van der Waals surface area (Å²) in [4.78, 5) is 18.3. The van der Waals surface area contributed by atoms with Crippen LogP contribution in [0.2, 0.25) is 0 Å². The van der Waals surface area contributed by atoms with Crippen molar-refractivity contribution in [1.29, 1.82) is 0 Å². The Kier molecular flexibility index (Phi) is 3.96. The molecule has 0 saturated carbocycles. The third-order valence-corrected chi connectivity index (χ3v) is 3.94. The monoisotopic (exact) mass is 303 g/mol. The second kappa shape index (κ2) is 6.05. The molecule has 0 spiro atoms. The van der Waals surface area contributed by atoms with Crippen molar-refractivity contribution in [2.75, 3.05) is 11.9 Å². The topological polar surface area (TPSA) is 45.2 Å². The van der Waals surface area contributed by atoms with Gasteiger partial charge in [0.25, 0.3) is 5.91 Å². The lowest BCUT2D eigenvalue weighted by atomic mass is 10.2. The van der Waals surface area contributed by atoms with Crippen molar-refractivity contribution in [2.24, 2.45) is 0 Å². The Labute approximate surface area is 125 Å². The first-order valence-corrected chi connectivity index (χ1v) is 7.51. The largest absolute Gasteiger partial charge is 0.363 e. The lowest BCUT2D eigenvalue weighted by Crippen LogP contribution is -2.27. The molecule has 0 unspecified atom stereocenters. The summed E-state index contributed by atoms with van der Waals surface area (Å²) in [7, 11) is 0. The van der Waals surface area contributed by atoms with E-state index in [4.69, 9.17) is 0 Å². The Morgan fingerprint density at radius 2 is 2.19 bits per heavy atom. The van der Waals surface area contributed by atoms with Crippen molar-refractivity contribution in [1.82, 2.24) is 9.88 Å². The molecule has 0 aliphatic carbocycles. The summed E-state index contributed by atoms with van der Waals surface area (Å²) >= 11 is 1.39. The number of nitrogens with one attached hydrogen (secondary N) is 1. The van der Waals surface area contributed by atoms with Crippen LogP contribution in [0.25, 0.3) is 0 Å². The van der Waals surface area contributed by atoms with E-state index in [0.717, 1.165) is 18.5 Å².